The summed E-state index contributed by atoms with van der Waals surface area (Å²) >= 11 is 7.58. The summed E-state index contributed by atoms with van der Waals surface area (Å²) in [7, 11) is 0. The number of carbonyl (C=O) groups excluding carboxylic acids is 1. The van der Waals surface area contributed by atoms with E-state index in [1.165, 1.54) is 0 Å². The van der Waals surface area contributed by atoms with Gasteiger partial charge in [-0.25, -0.2) is 4.98 Å². The molecule has 0 saturated heterocycles. The molecular weight excluding hydrogens is 374 g/mol. The number of fused-ring (bicyclic) bond motifs is 1. The molecule has 1 atom stereocenters. The van der Waals surface area contributed by atoms with Crippen molar-refractivity contribution in [2.75, 3.05) is 12.8 Å². The summed E-state index contributed by atoms with van der Waals surface area (Å²) in [6.07, 6.45) is 2.61. The number of nitrogens with one attached hydrogen (secondary N) is 2. The lowest BCUT2D eigenvalue weighted by Gasteiger charge is -2.14. The van der Waals surface area contributed by atoms with Crippen molar-refractivity contribution in [2.45, 2.75) is 18.1 Å². The average Bonchev–Trinajstić information content (AvgIpc) is 3.23. The molecule has 2 aromatic heterocycles. The van der Waals surface area contributed by atoms with Crippen LogP contribution in [0.3, 0.4) is 0 Å². The van der Waals surface area contributed by atoms with Gasteiger partial charge in [0.15, 0.2) is 11.6 Å². The minimum Gasteiger partial charge on any atom is -0.350 e. The van der Waals surface area contributed by atoms with Gasteiger partial charge in [-0.05, 0) is 30.4 Å². The Morgan fingerprint density at radius 1 is 1.31 bits per heavy atom. The van der Waals surface area contributed by atoms with Crippen LogP contribution in [0.1, 0.15) is 33.5 Å². The topological polar surface area (TPSA) is 96.7 Å². The SMILES string of the molecule is CSCc1noc(-c2nc3c([nH]2)CC(c2ccc(Cl)cc2)CNC3=O)n1. The third kappa shape index (κ3) is 3.34. The highest BCUT2D eigenvalue weighted by Gasteiger charge is 2.27. The molecule has 4 rings (SSSR count). The van der Waals surface area contributed by atoms with Crippen LogP contribution in [0.5, 0.6) is 0 Å². The summed E-state index contributed by atoms with van der Waals surface area (Å²) < 4.78 is 5.26. The Hall–Kier alpha value is -2.32. The molecule has 7 nitrogen and oxygen atoms in total. The minimum atomic E-state index is -0.206. The van der Waals surface area contributed by atoms with Crippen molar-refractivity contribution in [1.29, 1.82) is 0 Å². The Labute approximate surface area is 158 Å². The Bertz CT molecular complexity index is 937. The molecule has 0 spiro atoms. The number of imidazole rings is 1. The zero-order valence-electron chi connectivity index (χ0n) is 14.0. The summed E-state index contributed by atoms with van der Waals surface area (Å²) in [5.74, 6) is 1.88. The molecule has 0 radical (unpaired) electrons. The molecule has 1 aromatic carbocycles. The second kappa shape index (κ2) is 7.13. The van der Waals surface area contributed by atoms with E-state index >= 15 is 0 Å². The molecule has 26 heavy (non-hydrogen) atoms. The van der Waals surface area contributed by atoms with Crippen LogP contribution in [-0.2, 0) is 12.2 Å². The fourth-order valence-corrected chi connectivity index (χ4v) is 3.47. The first-order chi connectivity index (χ1) is 12.6. The molecule has 0 fully saturated rings. The number of hydrogen-bond donors (Lipinski definition) is 2. The molecule has 1 unspecified atom stereocenters. The van der Waals surface area contributed by atoms with E-state index in [0.717, 1.165) is 11.3 Å². The highest BCUT2D eigenvalue weighted by molar-refractivity contribution is 7.97. The maximum atomic E-state index is 12.4. The van der Waals surface area contributed by atoms with E-state index < -0.39 is 0 Å². The van der Waals surface area contributed by atoms with Crippen LogP contribution < -0.4 is 5.32 Å². The first-order valence-electron chi connectivity index (χ1n) is 8.08. The normalized spacial score (nSPS) is 16.8. The van der Waals surface area contributed by atoms with Crippen LogP contribution in [0.15, 0.2) is 28.8 Å². The van der Waals surface area contributed by atoms with Crippen LogP contribution in [0.25, 0.3) is 11.7 Å². The Balaban J connectivity index is 1.64. The van der Waals surface area contributed by atoms with Gasteiger partial charge >= 0.3 is 0 Å². The van der Waals surface area contributed by atoms with E-state index in [1.807, 2.05) is 30.5 Å². The summed E-state index contributed by atoms with van der Waals surface area (Å²) in [5.41, 5.74) is 2.25. The minimum absolute atomic E-state index is 0.125. The fraction of sp³-hybridized carbons (Fsp3) is 0.294. The van der Waals surface area contributed by atoms with Crippen molar-refractivity contribution in [2.24, 2.45) is 0 Å². The number of carbonyl (C=O) groups is 1. The largest absolute Gasteiger partial charge is 0.350 e. The predicted octanol–water partition coefficient (Wildman–Crippen LogP) is 3.05. The van der Waals surface area contributed by atoms with Crippen molar-refractivity contribution < 1.29 is 9.32 Å². The highest BCUT2D eigenvalue weighted by atomic mass is 35.5. The second-order valence-electron chi connectivity index (χ2n) is 6.02. The molecular formula is C17H16ClN5O2S. The van der Waals surface area contributed by atoms with E-state index in [1.54, 1.807) is 11.8 Å². The second-order valence-corrected chi connectivity index (χ2v) is 7.33. The number of rotatable bonds is 4. The number of amides is 1. The van der Waals surface area contributed by atoms with Crippen LogP contribution in [-0.4, -0.2) is 38.8 Å². The molecule has 9 heteroatoms. The Kier molecular flexibility index (Phi) is 4.69. The molecule has 1 aliphatic heterocycles. The van der Waals surface area contributed by atoms with Gasteiger partial charge in [-0.3, -0.25) is 4.79 Å². The number of hydrogen-bond acceptors (Lipinski definition) is 6. The third-order valence-corrected chi connectivity index (χ3v) is 5.04. The smallest absolute Gasteiger partial charge is 0.293 e. The van der Waals surface area contributed by atoms with E-state index in [0.29, 0.717) is 41.1 Å². The van der Waals surface area contributed by atoms with Crippen molar-refractivity contribution in [3.8, 4) is 11.7 Å². The van der Waals surface area contributed by atoms with Gasteiger partial charge in [0.1, 0.15) is 5.69 Å². The Morgan fingerprint density at radius 2 is 2.12 bits per heavy atom. The summed E-state index contributed by atoms with van der Waals surface area (Å²) in [4.78, 5) is 24.3. The predicted molar refractivity (Wildman–Crippen MR) is 99.3 cm³/mol. The zero-order chi connectivity index (χ0) is 18.1. The van der Waals surface area contributed by atoms with Gasteiger partial charge in [0, 0.05) is 23.2 Å². The number of benzene rings is 1. The lowest BCUT2D eigenvalue weighted by molar-refractivity contribution is 0.0950. The van der Waals surface area contributed by atoms with Gasteiger partial charge in [0.05, 0.1) is 5.75 Å². The Morgan fingerprint density at radius 3 is 2.88 bits per heavy atom. The molecule has 0 saturated carbocycles. The van der Waals surface area contributed by atoms with Crippen LogP contribution in [0.4, 0.5) is 0 Å². The molecule has 2 N–H and O–H groups in total. The van der Waals surface area contributed by atoms with Gasteiger partial charge in [-0.2, -0.15) is 16.7 Å². The summed E-state index contributed by atoms with van der Waals surface area (Å²) in [6.45, 7) is 0.540. The standard InChI is InChI=1S/C17H16ClN5O2S/c1-26-8-13-21-17(25-23-13)15-20-12-6-10(7-19-16(24)14(12)22-15)9-2-4-11(18)5-3-9/h2-5,10H,6-8H2,1H3,(H,19,24)(H,20,22). The first kappa shape index (κ1) is 17.1. The van der Waals surface area contributed by atoms with E-state index in [2.05, 4.69) is 25.4 Å². The number of nitrogens with zero attached hydrogens (tertiary/aromatic N) is 3. The van der Waals surface area contributed by atoms with Gasteiger partial charge in [0.2, 0.25) is 0 Å². The molecule has 1 aliphatic rings. The maximum absolute atomic E-state index is 12.4. The van der Waals surface area contributed by atoms with Crippen molar-refractivity contribution >= 4 is 29.3 Å². The van der Waals surface area contributed by atoms with Crippen molar-refractivity contribution in [3.05, 3.63) is 52.1 Å². The molecule has 0 bridgehead atoms. The molecule has 0 aliphatic carbocycles. The van der Waals surface area contributed by atoms with E-state index in [-0.39, 0.29) is 17.7 Å². The van der Waals surface area contributed by atoms with Gasteiger partial charge in [-0.15, -0.1) is 0 Å². The maximum Gasteiger partial charge on any atom is 0.293 e. The third-order valence-electron chi connectivity index (χ3n) is 4.24. The highest BCUT2D eigenvalue weighted by Crippen LogP contribution is 2.27. The monoisotopic (exact) mass is 389 g/mol. The number of aromatic nitrogens is 4. The van der Waals surface area contributed by atoms with Gasteiger partial charge in [0.25, 0.3) is 11.8 Å². The van der Waals surface area contributed by atoms with Gasteiger partial charge in [-0.1, -0.05) is 28.9 Å². The van der Waals surface area contributed by atoms with Gasteiger partial charge < -0.3 is 14.8 Å². The van der Waals surface area contributed by atoms with Crippen molar-refractivity contribution in [1.82, 2.24) is 25.4 Å². The van der Waals surface area contributed by atoms with Crippen LogP contribution in [0, 0.1) is 0 Å². The van der Waals surface area contributed by atoms with E-state index in [9.17, 15) is 4.79 Å². The molecule has 3 aromatic rings. The average molecular weight is 390 g/mol. The van der Waals surface area contributed by atoms with Crippen LogP contribution >= 0.6 is 23.4 Å². The fourth-order valence-electron chi connectivity index (χ4n) is 2.97. The number of H-pyrrole nitrogens is 1. The number of aromatic amines is 1. The lowest BCUT2D eigenvalue weighted by Crippen LogP contribution is -2.26. The quantitative estimate of drug-likeness (QED) is 0.711. The zero-order valence-corrected chi connectivity index (χ0v) is 15.5. The van der Waals surface area contributed by atoms with Crippen molar-refractivity contribution in [3.63, 3.8) is 0 Å². The molecule has 1 amide bonds. The lowest BCUT2D eigenvalue weighted by atomic mass is 9.94. The molecule has 134 valence electrons. The summed E-state index contributed by atoms with van der Waals surface area (Å²) in [5, 5.41) is 7.53. The van der Waals surface area contributed by atoms with Crippen LogP contribution in [0.2, 0.25) is 5.02 Å². The van der Waals surface area contributed by atoms with E-state index in [4.69, 9.17) is 16.1 Å². The molecule has 3 heterocycles. The summed E-state index contributed by atoms with van der Waals surface area (Å²) in [6, 6.07) is 7.67. The number of halogens is 1. The first-order valence-corrected chi connectivity index (χ1v) is 9.85. The number of thioether (sulfide) groups is 1.